The average molecular weight is 555 g/mol. The van der Waals surface area contributed by atoms with Crippen LogP contribution in [0, 0.1) is 13.8 Å². The van der Waals surface area contributed by atoms with Crippen LogP contribution in [-0.4, -0.2) is 28.2 Å². The first kappa shape index (κ1) is 28.8. The SMILES string of the molecule is C=C(O)/C=C(\C[C@H](Cl)C=O)OCc1cccc(-c2cccc(COc3cc(O)c(C=O)cc3Cl)c2C)c1C. The Balaban J connectivity index is 1.83. The molecule has 0 fully saturated rings. The van der Waals surface area contributed by atoms with Crippen molar-refractivity contribution in [3.8, 4) is 22.6 Å². The molecule has 0 saturated carbocycles. The van der Waals surface area contributed by atoms with E-state index >= 15 is 0 Å². The molecule has 3 aromatic carbocycles. The van der Waals surface area contributed by atoms with Gasteiger partial charge in [-0.2, -0.15) is 0 Å². The van der Waals surface area contributed by atoms with Gasteiger partial charge in [0.2, 0.25) is 0 Å². The van der Waals surface area contributed by atoms with E-state index < -0.39 is 5.38 Å². The summed E-state index contributed by atoms with van der Waals surface area (Å²) in [5.41, 5.74) is 5.97. The molecular formula is C30H28Cl2O6. The van der Waals surface area contributed by atoms with Gasteiger partial charge in [-0.05, 0) is 53.3 Å². The fraction of sp³-hybridized carbons (Fsp3) is 0.200. The molecule has 0 heterocycles. The number of ether oxygens (including phenoxy) is 2. The number of alkyl halides is 1. The zero-order valence-electron chi connectivity index (χ0n) is 21.0. The van der Waals surface area contributed by atoms with Crippen molar-refractivity contribution in [1.82, 2.24) is 0 Å². The van der Waals surface area contributed by atoms with Crippen molar-refractivity contribution in [3.63, 3.8) is 0 Å². The van der Waals surface area contributed by atoms with Gasteiger partial charge in [-0.25, -0.2) is 0 Å². The van der Waals surface area contributed by atoms with Crippen LogP contribution in [0.5, 0.6) is 11.5 Å². The number of allylic oxidation sites excluding steroid dienone is 2. The second kappa shape index (κ2) is 13.2. The molecule has 198 valence electrons. The van der Waals surface area contributed by atoms with Gasteiger partial charge in [-0.15, -0.1) is 11.6 Å². The van der Waals surface area contributed by atoms with Gasteiger partial charge in [0.25, 0.3) is 0 Å². The van der Waals surface area contributed by atoms with Gasteiger partial charge in [0.05, 0.1) is 16.0 Å². The van der Waals surface area contributed by atoms with Crippen LogP contribution in [0.2, 0.25) is 5.02 Å². The van der Waals surface area contributed by atoms with Gasteiger partial charge in [-0.1, -0.05) is 54.6 Å². The molecule has 0 bridgehead atoms. The lowest BCUT2D eigenvalue weighted by Gasteiger charge is -2.18. The highest BCUT2D eigenvalue weighted by atomic mass is 35.5. The molecule has 0 aliphatic carbocycles. The number of rotatable bonds is 12. The summed E-state index contributed by atoms with van der Waals surface area (Å²) in [6.45, 7) is 7.86. The molecule has 6 nitrogen and oxygen atoms in total. The Morgan fingerprint density at radius 2 is 1.63 bits per heavy atom. The maximum absolute atomic E-state index is 11.0. The number of hydrogen-bond acceptors (Lipinski definition) is 6. The van der Waals surface area contributed by atoms with Crippen molar-refractivity contribution < 1.29 is 29.3 Å². The van der Waals surface area contributed by atoms with Gasteiger partial charge in [-0.3, -0.25) is 4.79 Å². The normalized spacial score (nSPS) is 12.1. The van der Waals surface area contributed by atoms with E-state index in [1.54, 1.807) is 0 Å². The number of benzene rings is 3. The lowest BCUT2D eigenvalue weighted by Crippen LogP contribution is -2.06. The van der Waals surface area contributed by atoms with Gasteiger partial charge >= 0.3 is 0 Å². The Kier molecular flexibility index (Phi) is 9.99. The first-order valence-corrected chi connectivity index (χ1v) is 12.5. The van der Waals surface area contributed by atoms with Crippen molar-refractivity contribution in [2.24, 2.45) is 0 Å². The van der Waals surface area contributed by atoms with E-state index in [1.165, 1.54) is 18.2 Å². The largest absolute Gasteiger partial charge is 0.508 e. The zero-order chi connectivity index (χ0) is 27.8. The quantitative estimate of drug-likeness (QED) is 0.105. The summed E-state index contributed by atoms with van der Waals surface area (Å²) < 4.78 is 11.8. The van der Waals surface area contributed by atoms with E-state index in [1.807, 2.05) is 50.2 Å². The molecule has 0 spiro atoms. The highest BCUT2D eigenvalue weighted by Gasteiger charge is 2.15. The standard InChI is InChI=1S/C30H28Cl2O6/c1-18(35)10-25(12-24(31)15-34)37-16-21-6-4-8-26(19(21)2)27-9-5-7-22(20(27)3)17-38-30-13-29(36)23(14-33)11-28(30)32/h4-11,13-15,24,35-36H,1,12,16-17H2,2-3H3/b25-10+/t24-/m0/s1. The minimum Gasteiger partial charge on any atom is -0.508 e. The number of hydrogen-bond donors (Lipinski definition) is 2. The van der Waals surface area contributed by atoms with Crippen LogP contribution < -0.4 is 4.74 Å². The number of aldehydes is 2. The van der Waals surface area contributed by atoms with E-state index in [0.717, 1.165) is 33.4 Å². The van der Waals surface area contributed by atoms with Gasteiger partial charge in [0.15, 0.2) is 6.29 Å². The third-order valence-corrected chi connectivity index (χ3v) is 6.61. The molecule has 3 rings (SSSR count). The van der Waals surface area contributed by atoms with Gasteiger partial charge < -0.3 is 24.5 Å². The molecule has 0 amide bonds. The Hall–Kier alpha value is -3.74. The van der Waals surface area contributed by atoms with Crippen LogP contribution >= 0.6 is 23.2 Å². The van der Waals surface area contributed by atoms with Crippen molar-refractivity contribution in [2.75, 3.05) is 0 Å². The fourth-order valence-corrected chi connectivity index (χ4v) is 4.32. The summed E-state index contributed by atoms with van der Waals surface area (Å²) in [7, 11) is 0. The summed E-state index contributed by atoms with van der Waals surface area (Å²) in [6.07, 6.45) is 2.62. The minimum absolute atomic E-state index is 0.0926. The van der Waals surface area contributed by atoms with E-state index in [0.29, 0.717) is 18.3 Å². The minimum atomic E-state index is -0.776. The number of phenolic OH excluding ortho intramolecular Hbond substituents is 1. The highest BCUT2D eigenvalue weighted by Crippen LogP contribution is 2.34. The predicted octanol–water partition coefficient (Wildman–Crippen LogP) is 7.39. The summed E-state index contributed by atoms with van der Waals surface area (Å²) in [5, 5.41) is 19.0. The van der Waals surface area contributed by atoms with Crippen LogP contribution in [0.4, 0.5) is 0 Å². The molecule has 38 heavy (non-hydrogen) atoms. The van der Waals surface area contributed by atoms with Crippen LogP contribution in [0.25, 0.3) is 11.1 Å². The molecule has 0 radical (unpaired) electrons. The third kappa shape index (κ3) is 7.18. The summed E-state index contributed by atoms with van der Waals surface area (Å²) in [5.74, 6) is 0.244. The van der Waals surface area contributed by atoms with Crippen LogP contribution in [0.1, 0.15) is 39.0 Å². The molecule has 0 aromatic heterocycles. The zero-order valence-corrected chi connectivity index (χ0v) is 22.6. The topological polar surface area (TPSA) is 93.1 Å². The monoisotopic (exact) mass is 554 g/mol. The first-order chi connectivity index (χ1) is 18.1. The molecular weight excluding hydrogens is 527 g/mol. The Labute approximate surface area is 231 Å². The van der Waals surface area contributed by atoms with Crippen molar-refractivity contribution in [1.29, 1.82) is 0 Å². The Morgan fingerprint density at radius 1 is 1.03 bits per heavy atom. The number of aromatic hydroxyl groups is 1. The van der Waals surface area contributed by atoms with Crippen molar-refractivity contribution in [3.05, 3.63) is 106 Å². The third-order valence-electron chi connectivity index (χ3n) is 6.06. The number of phenols is 1. The van der Waals surface area contributed by atoms with Gasteiger partial charge in [0.1, 0.15) is 42.5 Å². The van der Waals surface area contributed by atoms with E-state index in [9.17, 15) is 19.8 Å². The Morgan fingerprint density at radius 3 is 2.18 bits per heavy atom. The van der Waals surface area contributed by atoms with Crippen molar-refractivity contribution >= 4 is 35.8 Å². The second-order valence-electron chi connectivity index (χ2n) is 8.67. The summed E-state index contributed by atoms with van der Waals surface area (Å²) in [4.78, 5) is 22.0. The van der Waals surface area contributed by atoms with Gasteiger partial charge in [0, 0.05) is 18.6 Å². The average Bonchev–Trinajstić information content (AvgIpc) is 2.88. The predicted molar refractivity (Wildman–Crippen MR) is 149 cm³/mol. The summed E-state index contributed by atoms with van der Waals surface area (Å²) >= 11 is 12.2. The first-order valence-electron chi connectivity index (χ1n) is 11.7. The molecule has 3 aromatic rings. The Bertz CT molecular complexity index is 1380. The maximum atomic E-state index is 11.0. The van der Waals surface area contributed by atoms with Crippen LogP contribution in [-0.2, 0) is 22.7 Å². The number of halogens is 2. The molecule has 0 aliphatic heterocycles. The number of carbonyl (C=O) groups is 2. The summed E-state index contributed by atoms with van der Waals surface area (Å²) in [6, 6.07) is 14.5. The number of aliphatic hydroxyl groups excluding tert-OH is 1. The van der Waals surface area contributed by atoms with Crippen LogP contribution in [0.15, 0.2) is 72.7 Å². The van der Waals surface area contributed by atoms with E-state index in [-0.39, 0.29) is 47.5 Å². The van der Waals surface area contributed by atoms with Crippen LogP contribution in [0.3, 0.4) is 0 Å². The lowest BCUT2D eigenvalue weighted by atomic mass is 9.92. The lowest BCUT2D eigenvalue weighted by molar-refractivity contribution is -0.107. The fourth-order valence-electron chi connectivity index (χ4n) is 3.94. The molecule has 0 aliphatic rings. The van der Waals surface area contributed by atoms with E-state index in [2.05, 4.69) is 6.58 Å². The van der Waals surface area contributed by atoms with E-state index in [4.69, 9.17) is 32.7 Å². The molecule has 0 saturated heterocycles. The molecule has 2 N–H and O–H groups in total. The van der Waals surface area contributed by atoms with Crippen molar-refractivity contribution in [2.45, 2.75) is 38.9 Å². The molecule has 8 heteroatoms. The molecule has 0 unspecified atom stereocenters. The number of aliphatic hydroxyl groups is 1. The number of carbonyl (C=O) groups excluding carboxylic acids is 2. The second-order valence-corrected chi connectivity index (χ2v) is 9.64. The maximum Gasteiger partial charge on any atom is 0.153 e. The smallest absolute Gasteiger partial charge is 0.153 e. The molecule has 1 atom stereocenters. The highest BCUT2D eigenvalue weighted by molar-refractivity contribution is 6.32.